The number of rotatable bonds is 1. The fourth-order valence-corrected chi connectivity index (χ4v) is 0.856. The Hall–Kier alpha value is 1.14. The van der Waals surface area contributed by atoms with Crippen molar-refractivity contribution >= 4 is 34.6 Å². The Labute approximate surface area is 155 Å². The second kappa shape index (κ2) is 49.5. The van der Waals surface area contributed by atoms with Crippen LogP contribution in [0.3, 0.4) is 0 Å². The van der Waals surface area contributed by atoms with Crippen LogP contribution in [0.5, 0.6) is 0 Å². The maximum absolute atomic E-state index is 9.67. The number of hydrogen-bond acceptors (Lipinski definition) is 0. The molecule has 3 atom stereocenters. The van der Waals surface area contributed by atoms with E-state index in [0.717, 1.165) is 6.16 Å². The average molecular weight is 470 g/mol. The minimum atomic E-state index is -3.67. The molecule has 10 heteroatoms. The largest absolute Gasteiger partial charge is 1.00 e. The molecule has 1 aliphatic carbocycles. The predicted molar refractivity (Wildman–Crippen MR) is 102 cm³/mol. The van der Waals surface area contributed by atoms with E-state index in [1.807, 2.05) is 0 Å². The SMILES string of the molecule is C1=CCC/C=C\CC1.FB(F)F.PP.[CH3-].[CH3-].[F-].[NH-]CCP.[Rh]. The quantitative estimate of drug-likeness (QED) is 0.185. The summed E-state index contributed by atoms with van der Waals surface area (Å²) in [7, 11) is 3.47. The number of nitrogens with one attached hydrogen (secondary N) is 1. The van der Waals surface area contributed by atoms with Crippen LogP contribution in [-0.4, -0.2) is 20.3 Å². The monoisotopic (exact) mass is 470 g/mol. The fraction of sp³-hybridized carbons (Fsp3) is 0.500. The zero-order chi connectivity index (χ0) is 14.6. The molecule has 1 nitrogen and oxygen atoms in total. The molecule has 0 spiro atoms. The van der Waals surface area contributed by atoms with Crippen LogP contribution in [0.25, 0.3) is 5.73 Å². The van der Waals surface area contributed by atoms with Gasteiger partial charge in [0.25, 0.3) is 0 Å². The minimum absolute atomic E-state index is 0. The Morgan fingerprint density at radius 2 is 1.00 bits per heavy atom. The summed E-state index contributed by atoms with van der Waals surface area (Å²) in [5.74, 6) is 0. The van der Waals surface area contributed by atoms with Crippen LogP contribution in [0, 0.1) is 14.9 Å². The maximum atomic E-state index is 9.67. The summed E-state index contributed by atoms with van der Waals surface area (Å²) in [4.78, 5) is 0. The number of halogens is 4. The molecule has 1 radical (unpaired) electrons. The van der Waals surface area contributed by atoms with Gasteiger partial charge in [-0.1, -0.05) is 30.5 Å². The first-order valence-electron chi connectivity index (χ1n) is 5.55. The standard InChI is InChI=1S/C8H12.C2H7NP.2CH3.BF3.FH.H4P2.Rh/c1-2-4-6-8-7-5-3-1;3-1-2-4;;;2-1(3)4;;1-2;/h1-2,7-8H,3-6H2;3H,1-2,4H2;2*1H3;;1H;1-2H2;/q;3*-1;;;;/p-1/b2-1-,8-7?;;;;;;;. The zero-order valence-corrected chi connectivity index (χ0v) is 18.3. The van der Waals surface area contributed by atoms with Gasteiger partial charge in [0.15, 0.2) is 0 Å². The first kappa shape index (κ1) is 43.5. The van der Waals surface area contributed by atoms with E-state index in [1.54, 1.807) is 0 Å². The van der Waals surface area contributed by atoms with Crippen LogP contribution in [0.4, 0.5) is 12.9 Å². The van der Waals surface area contributed by atoms with Gasteiger partial charge in [-0.05, 0) is 25.7 Å². The maximum Gasteiger partial charge on any atom is 0.762 e. The Morgan fingerprint density at radius 3 is 1.09 bits per heavy atom. The van der Waals surface area contributed by atoms with Gasteiger partial charge >= 0.3 is 7.54 Å². The molecular formula is C12H29BF4NP3Rh-4. The molecule has 0 bridgehead atoms. The van der Waals surface area contributed by atoms with E-state index < -0.39 is 7.54 Å². The summed E-state index contributed by atoms with van der Waals surface area (Å²) in [6, 6.07) is 0. The average Bonchev–Trinajstić information content (AvgIpc) is 2.30. The van der Waals surface area contributed by atoms with E-state index >= 15 is 0 Å². The van der Waals surface area contributed by atoms with Crippen molar-refractivity contribution in [3.8, 4) is 0 Å². The second-order valence-corrected chi connectivity index (χ2v) is 3.46. The molecule has 0 saturated heterocycles. The van der Waals surface area contributed by atoms with Crippen LogP contribution >= 0.6 is 27.1 Å². The topological polar surface area (TPSA) is 23.8 Å². The molecule has 141 valence electrons. The van der Waals surface area contributed by atoms with Crippen molar-refractivity contribution in [2.75, 3.05) is 12.7 Å². The van der Waals surface area contributed by atoms with E-state index in [0.29, 0.717) is 6.54 Å². The van der Waals surface area contributed by atoms with Crippen molar-refractivity contribution < 1.29 is 37.1 Å². The smallest absolute Gasteiger partial charge is 0.762 e. The van der Waals surface area contributed by atoms with E-state index in [9.17, 15) is 12.9 Å². The third kappa shape index (κ3) is 83.4. The molecule has 0 aromatic carbocycles. The Bertz CT molecular complexity index is 163. The van der Waals surface area contributed by atoms with Crippen LogP contribution in [0.15, 0.2) is 24.3 Å². The van der Waals surface area contributed by atoms with Gasteiger partial charge in [0, 0.05) is 19.5 Å². The summed E-state index contributed by atoms with van der Waals surface area (Å²) in [5.41, 5.74) is 6.43. The predicted octanol–water partition coefficient (Wildman–Crippen LogP) is 3.02. The van der Waals surface area contributed by atoms with Crippen LogP contribution in [-0.2, 0) is 19.5 Å². The summed E-state index contributed by atoms with van der Waals surface area (Å²) in [6.45, 7) is 0.532. The Kier molecular flexibility index (Phi) is 97.9. The summed E-state index contributed by atoms with van der Waals surface area (Å²) in [5, 5.41) is 0. The summed E-state index contributed by atoms with van der Waals surface area (Å²) < 4.78 is 29.0. The summed E-state index contributed by atoms with van der Waals surface area (Å²) in [6.07, 6.45) is 14.9. The first-order valence-corrected chi connectivity index (χ1v) is 9.03. The molecule has 1 N–H and O–H groups in total. The van der Waals surface area contributed by atoms with Gasteiger partial charge in [0.1, 0.15) is 0 Å². The van der Waals surface area contributed by atoms with Crippen molar-refractivity contribution in [2.24, 2.45) is 0 Å². The molecule has 0 aliphatic heterocycles. The third-order valence-electron chi connectivity index (χ3n) is 1.48. The molecule has 0 heterocycles. The molecule has 0 amide bonds. The van der Waals surface area contributed by atoms with Gasteiger partial charge < -0.3 is 25.3 Å². The van der Waals surface area contributed by atoms with Crippen molar-refractivity contribution in [1.29, 1.82) is 0 Å². The van der Waals surface area contributed by atoms with E-state index in [4.69, 9.17) is 5.73 Å². The molecule has 0 fully saturated rings. The molecule has 1 aliphatic rings. The number of hydrogen-bond donors (Lipinski definition) is 0. The van der Waals surface area contributed by atoms with Crippen molar-refractivity contribution in [3.63, 3.8) is 0 Å². The van der Waals surface area contributed by atoms with Crippen LogP contribution in [0.1, 0.15) is 25.7 Å². The fourth-order valence-electron chi connectivity index (χ4n) is 0.856. The molecule has 22 heavy (non-hydrogen) atoms. The molecule has 0 saturated carbocycles. The van der Waals surface area contributed by atoms with E-state index in [2.05, 4.69) is 51.4 Å². The van der Waals surface area contributed by atoms with Crippen molar-refractivity contribution in [3.05, 3.63) is 44.9 Å². The second-order valence-electron chi connectivity index (χ2n) is 2.88. The summed E-state index contributed by atoms with van der Waals surface area (Å²) >= 11 is 0. The molecule has 0 aromatic rings. The number of allylic oxidation sites excluding steroid dienone is 4. The van der Waals surface area contributed by atoms with Gasteiger partial charge in [-0.25, -0.2) is 0 Å². The van der Waals surface area contributed by atoms with Gasteiger partial charge in [-0.3, -0.25) is 12.9 Å². The minimum Gasteiger partial charge on any atom is -1.00 e. The Morgan fingerprint density at radius 1 is 0.864 bits per heavy atom. The van der Waals surface area contributed by atoms with E-state index in [-0.39, 0.29) is 39.0 Å². The van der Waals surface area contributed by atoms with E-state index in [1.165, 1.54) is 25.7 Å². The van der Waals surface area contributed by atoms with Gasteiger partial charge in [-0.2, -0.15) is 0 Å². The van der Waals surface area contributed by atoms with Crippen molar-refractivity contribution in [2.45, 2.75) is 25.7 Å². The van der Waals surface area contributed by atoms with Gasteiger partial charge in [0.2, 0.25) is 0 Å². The van der Waals surface area contributed by atoms with Gasteiger partial charge in [0.05, 0.1) is 0 Å². The molecule has 1 rings (SSSR count). The van der Waals surface area contributed by atoms with Crippen LogP contribution < -0.4 is 4.70 Å². The normalized spacial score (nSPS) is 11.6. The Balaban J connectivity index is -0.0000000286. The third-order valence-corrected chi connectivity index (χ3v) is 1.77. The molecule has 3 unspecified atom stereocenters. The molecule has 0 aromatic heterocycles. The first-order chi connectivity index (χ1) is 8.65. The zero-order valence-electron chi connectivity index (χ0n) is 13.2. The van der Waals surface area contributed by atoms with Gasteiger partial charge in [-0.15, -0.1) is 33.6 Å². The van der Waals surface area contributed by atoms with Crippen LogP contribution in [0.2, 0.25) is 0 Å². The van der Waals surface area contributed by atoms with Crippen molar-refractivity contribution in [1.82, 2.24) is 0 Å². The molecular weight excluding hydrogens is 441 g/mol.